The minimum atomic E-state index is -2.44. The summed E-state index contributed by atoms with van der Waals surface area (Å²) >= 11 is 0. The quantitative estimate of drug-likeness (QED) is 0.709. The maximum absolute atomic E-state index is 12.1. The summed E-state index contributed by atoms with van der Waals surface area (Å²) in [6.45, 7) is 1.53. The number of rotatable bonds is 3. The molecule has 0 spiro atoms. The van der Waals surface area contributed by atoms with Gasteiger partial charge in [-0.2, -0.15) is 0 Å². The van der Waals surface area contributed by atoms with Gasteiger partial charge in [0, 0.05) is 21.0 Å². The summed E-state index contributed by atoms with van der Waals surface area (Å²) in [4.78, 5) is 11.6. The van der Waals surface area contributed by atoms with Gasteiger partial charge < -0.3 is 4.90 Å². The summed E-state index contributed by atoms with van der Waals surface area (Å²) in [5, 5.41) is 0. The first-order valence-electron chi connectivity index (χ1n) is 5.29. The Hall–Kier alpha value is -0.420. The zero-order valence-corrected chi connectivity index (χ0v) is 13.4. The van der Waals surface area contributed by atoms with Crippen molar-refractivity contribution in [3.63, 3.8) is 0 Å². The third kappa shape index (κ3) is 6.17. The monoisotopic (exact) mass is 266 g/mol. The second-order valence-corrected chi connectivity index (χ2v) is 7.89. The summed E-state index contributed by atoms with van der Waals surface area (Å²) in [5.41, 5.74) is 0. The molecule has 17 heavy (non-hydrogen) atoms. The molecule has 0 aliphatic carbocycles. The number of carbonyl (C=O) groups is 1. The van der Waals surface area contributed by atoms with E-state index in [1.807, 2.05) is 42.3 Å². The van der Waals surface area contributed by atoms with Crippen LogP contribution in [0.25, 0.3) is 0 Å². The Morgan fingerprint density at radius 3 is 0.941 bits per heavy atom. The average molecular weight is 266 g/mol. The number of amides is 1. The molecule has 0 rings (SSSR count). The average Bonchev–Trinajstić information content (AvgIpc) is 2.15. The van der Waals surface area contributed by atoms with Crippen LogP contribution in [-0.2, 0) is 9.36 Å². The van der Waals surface area contributed by atoms with Gasteiger partial charge in [-0.15, -0.1) is 0 Å². The predicted molar refractivity (Wildman–Crippen MR) is 73.0 cm³/mol. The van der Waals surface area contributed by atoms with Crippen LogP contribution >= 0.6 is 7.59 Å². The molecule has 7 heteroatoms. The summed E-state index contributed by atoms with van der Waals surface area (Å²) in [7, 11) is 11.9. The van der Waals surface area contributed by atoms with E-state index < -0.39 is 7.59 Å². The van der Waals surface area contributed by atoms with Gasteiger partial charge >= 0.3 is 0 Å². The van der Waals surface area contributed by atoms with Crippen molar-refractivity contribution in [2.75, 3.05) is 56.4 Å². The molecule has 0 aromatic rings. The molecule has 6 nitrogen and oxygen atoms in total. The third-order valence-corrected chi connectivity index (χ3v) is 5.32. The van der Waals surface area contributed by atoms with E-state index >= 15 is 0 Å². The van der Waals surface area contributed by atoms with E-state index in [1.54, 1.807) is 28.1 Å². The highest BCUT2D eigenvalue weighted by atomic mass is 31.2. The molecule has 0 unspecified atom stereocenters. The number of carbonyl (C=O) groups excluding carboxylic acids is 1. The van der Waals surface area contributed by atoms with Gasteiger partial charge in [0.25, 0.3) is 7.59 Å². The molecule has 0 aromatic carbocycles. The van der Waals surface area contributed by atoms with Crippen LogP contribution in [0.4, 0.5) is 0 Å². The van der Waals surface area contributed by atoms with Crippen molar-refractivity contribution >= 4 is 13.5 Å². The summed E-state index contributed by atoms with van der Waals surface area (Å²) in [6, 6.07) is 0. The molecular formula is C10H27N4O2P. The summed E-state index contributed by atoms with van der Waals surface area (Å²) in [6.07, 6.45) is 0. The van der Waals surface area contributed by atoms with E-state index in [2.05, 4.69) is 0 Å². The van der Waals surface area contributed by atoms with Gasteiger partial charge in [0.15, 0.2) is 0 Å². The Labute approximate surface area is 106 Å². The predicted octanol–water partition coefficient (Wildman–Crippen LogP) is 0.874. The first kappa shape index (κ1) is 18.9. The first-order valence-corrected chi connectivity index (χ1v) is 6.85. The van der Waals surface area contributed by atoms with Gasteiger partial charge in [0.05, 0.1) is 0 Å². The molecule has 0 aromatic heterocycles. The van der Waals surface area contributed by atoms with Crippen molar-refractivity contribution in [3.05, 3.63) is 0 Å². The fourth-order valence-corrected chi connectivity index (χ4v) is 3.22. The Morgan fingerprint density at radius 1 is 0.765 bits per heavy atom. The van der Waals surface area contributed by atoms with Gasteiger partial charge in [-0.05, 0) is 42.3 Å². The standard InChI is InChI=1S/C6H18N3OP.C4H9NO/c1-7(2)11(10,8(3)4)9(5)6;1-4(6)5(2)3/h1-6H3;1-3H3. The molecule has 0 atom stereocenters. The van der Waals surface area contributed by atoms with Crippen LogP contribution in [-0.4, -0.2) is 81.2 Å². The third-order valence-electron chi connectivity index (χ3n) is 2.19. The van der Waals surface area contributed by atoms with Crippen molar-refractivity contribution < 1.29 is 9.36 Å². The number of hydrogen-bond donors (Lipinski definition) is 0. The molecule has 0 N–H and O–H groups in total. The van der Waals surface area contributed by atoms with E-state index in [1.165, 1.54) is 11.8 Å². The lowest BCUT2D eigenvalue weighted by Gasteiger charge is -2.34. The fraction of sp³-hybridized carbons (Fsp3) is 0.900. The number of hydrogen-bond acceptors (Lipinski definition) is 2. The Morgan fingerprint density at radius 2 is 0.941 bits per heavy atom. The molecule has 0 bridgehead atoms. The van der Waals surface area contributed by atoms with Crippen LogP contribution in [0.1, 0.15) is 6.92 Å². The number of nitrogens with zero attached hydrogens (tertiary/aromatic N) is 4. The fourth-order valence-electron chi connectivity index (χ4n) is 1.07. The largest absolute Gasteiger partial charge is 0.349 e. The SMILES string of the molecule is CC(=O)N(C)C.CN(C)P(=O)(N(C)C)N(C)C. The molecular weight excluding hydrogens is 239 g/mol. The van der Waals surface area contributed by atoms with Gasteiger partial charge in [-0.25, -0.2) is 14.0 Å². The Bertz CT molecular complexity index is 249. The minimum Gasteiger partial charge on any atom is -0.349 e. The van der Waals surface area contributed by atoms with Crippen molar-refractivity contribution in [2.45, 2.75) is 6.92 Å². The van der Waals surface area contributed by atoms with E-state index in [0.29, 0.717) is 0 Å². The summed E-state index contributed by atoms with van der Waals surface area (Å²) in [5.74, 6) is 0.0926. The Balaban J connectivity index is 0. The zero-order valence-electron chi connectivity index (χ0n) is 12.6. The molecule has 0 saturated carbocycles. The van der Waals surface area contributed by atoms with Gasteiger partial charge in [0.2, 0.25) is 5.91 Å². The molecule has 1 amide bonds. The lowest BCUT2D eigenvalue weighted by atomic mass is 10.7. The normalized spacial score (nSPS) is 11.5. The molecule has 0 aliphatic rings. The second kappa shape index (κ2) is 7.82. The molecule has 0 fully saturated rings. The van der Waals surface area contributed by atoms with Crippen LogP contribution in [0.15, 0.2) is 0 Å². The lowest BCUT2D eigenvalue weighted by Crippen LogP contribution is -2.30. The highest BCUT2D eigenvalue weighted by Gasteiger charge is 2.30. The molecule has 0 heterocycles. The van der Waals surface area contributed by atoms with Crippen LogP contribution in [0.5, 0.6) is 0 Å². The van der Waals surface area contributed by atoms with E-state index in [4.69, 9.17) is 0 Å². The molecule has 0 saturated heterocycles. The van der Waals surface area contributed by atoms with Crippen LogP contribution < -0.4 is 0 Å². The summed E-state index contributed by atoms with van der Waals surface area (Å²) < 4.78 is 17.3. The minimum absolute atomic E-state index is 0.0926. The van der Waals surface area contributed by atoms with Crippen LogP contribution in [0.3, 0.4) is 0 Å². The topological polar surface area (TPSA) is 47.1 Å². The van der Waals surface area contributed by atoms with Crippen molar-refractivity contribution in [2.24, 2.45) is 0 Å². The lowest BCUT2D eigenvalue weighted by molar-refractivity contribution is -0.126. The molecule has 0 radical (unpaired) electrons. The maximum Gasteiger partial charge on any atom is 0.285 e. The molecule has 0 aliphatic heterocycles. The zero-order chi connectivity index (χ0) is 14.4. The first-order chi connectivity index (χ1) is 7.47. The van der Waals surface area contributed by atoms with Crippen molar-refractivity contribution in [1.82, 2.24) is 18.9 Å². The Kier molecular flexibility index (Phi) is 8.71. The second-order valence-electron chi connectivity index (χ2n) is 4.47. The molecule has 104 valence electrons. The van der Waals surface area contributed by atoms with E-state index in [-0.39, 0.29) is 5.91 Å². The van der Waals surface area contributed by atoms with Gasteiger partial charge in [-0.1, -0.05) is 0 Å². The smallest absolute Gasteiger partial charge is 0.285 e. The van der Waals surface area contributed by atoms with E-state index in [0.717, 1.165) is 0 Å². The van der Waals surface area contributed by atoms with Crippen molar-refractivity contribution in [3.8, 4) is 0 Å². The van der Waals surface area contributed by atoms with Gasteiger partial charge in [0.1, 0.15) is 0 Å². The highest BCUT2D eigenvalue weighted by molar-refractivity contribution is 7.56. The highest BCUT2D eigenvalue weighted by Crippen LogP contribution is 2.50. The van der Waals surface area contributed by atoms with Crippen LogP contribution in [0.2, 0.25) is 0 Å². The van der Waals surface area contributed by atoms with Gasteiger partial charge in [-0.3, -0.25) is 9.36 Å². The van der Waals surface area contributed by atoms with E-state index in [9.17, 15) is 9.36 Å². The maximum atomic E-state index is 12.1. The van der Waals surface area contributed by atoms with Crippen LogP contribution in [0, 0.1) is 0 Å². The van der Waals surface area contributed by atoms with Crippen molar-refractivity contribution in [1.29, 1.82) is 0 Å².